The van der Waals surface area contributed by atoms with Crippen LogP contribution in [0.5, 0.6) is 23.0 Å². The van der Waals surface area contributed by atoms with E-state index in [4.69, 9.17) is 74.2 Å². The first-order valence-corrected chi connectivity index (χ1v) is 46.4. The van der Waals surface area contributed by atoms with Crippen molar-refractivity contribution in [2.24, 2.45) is 4.30 Å². The average Bonchev–Trinajstić information content (AvgIpc) is 1.62. The first-order chi connectivity index (χ1) is 62.2. The molecule has 4 aliphatic rings. The van der Waals surface area contributed by atoms with Crippen LogP contribution in [0.2, 0.25) is 10.3 Å². The van der Waals surface area contributed by atoms with Crippen LogP contribution in [0.25, 0.3) is 55.3 Å². The number of fused-ring (bicyclic) bond motifs is 4. The Morgan fingerprint density at radius 2 is 0.831 bits per heavy atom. The molecular weight excluding hydrogens is 2060 g/mol. The van der Waals surface area contributed by atoms with Gasteiger partial charge < -0.3 is 93.1 Å². The number of hydrogen-bond acceptors (Lipinski definition) is 25. The first-order valence-electron chi connectivity index (χ1n) is 42.7. The number of aromatic amines is 1. The van der Waals surface area contributed by atoms with Gasteiger partial charge in [-0.15, -0.1) is 0 Å². The topological polar surface area (TPSA) is 388 Å². The summed E-state index contributed by atoms with van der Waals surface area (Å²) >= 11 is 21.9. The van der Waals surface area contributed by atoms with Gasteiger partial charge in [0.1, 0.15) is 115 Å². The number of nitrogens with one attached hydrogen (secondary N) is 1. The molecule has 2 radical (unpaired) electrons. The third-order valence-corrected chi connectivity index (χ3v) is 22.9. The van der Waals surface area contributed by atoms with Gasteiger partial charge in [-0.1, -0.05) is 85.6 Å². The molecule has 0 spiro atoms. The van der Waals surface area contributed by atoms with Crippen LogP contribution in [0.3, 0.4) is 0 Å². The van der Waals surface area contributed by atoms with E-state index >= 15 is 0 Å². The number of pyridine rings is 1. The summed E-state index contributed by atoms with van der Waals surface area (Å²) in [5, 5.41) is 22.2. The maximum atomic E-state index is 12.5. The van der Waals surface area contributed by atoms with Crippen molar-refractivity contribution < 1.29 is 68.6 Å². The van der Waals surface area contributed by atoms with E-state index in [0.717, 1.165) is 122 Å². The second-order valence-electron chi connectivity index (χ2n) is 33.9. The van der Waals surface area contributed by atoms with Crippen molar-refractivity contribution in [2.45, 2.75) is 195 Å². The van der Waals surface area contributed by atoms with Crippen LogP contribution >= 0.6 is 104 Å². The molecule has 0 unspecified atom stereocenters. The third-order valence-electron chi connectivity index (χ3n) is 19.8. The minimum absolute atomic E-state index is 0.190. The molecule has 4 saturated heterocycles. The van der Waals surface area contributed by atoms with E-state index in [0.29, 0.717) is 120 Å². The van der Waals surface area contributed by atoms with E-state index in [9.17, 15) is 24.3 Å². The standard InChI is InChI=1S/C28H31N5O3.C16H20ClIN4O2.C16H22IN5O2.C11H10BNO3.C10H19NO3.C6H3ClIN3.C2H6.BHNS/c1-28(2,3)36-27(34)32-15-13-20(14-16-32)33-17-23(24-25(29)30-18-31-26(24)33)19-9-11-22(12-10-19)35-21-7-5-4-6-8-21;1-16(2,3)24-15(23)21-6-4-10(5-7-21)22-8-11(18)12-13(17)19-9-20-14(12)22;1-16(2,3)24-15(23)21-6-4-10(5-7-21)22-8-11(17)12-13(18)19-9-20-14(12)22;14-12-16-13-8-6-11(7-9-13)15-10-4-2-1-3-5-10;1-10(2,3)14-9(13)11-6-4-8(12)5-7-11;7-5-4-3(8)1-9-6(4)11-2-10-5;1-2;1-2-3/h4-12,17-18,20H,13-16H2,1-3H3,(H2,29,30,31);8-10H,4-7H2,1-3H3;8-10H,4-7H2,1-3H3,(H2,18,19,20);1-9,14H;8,12H,4-7H2,1-3H3;1-2H,(H,9,10,11);1-2H3;3H/q;;;+1;;;;/i;;;;;;1D;. The van der Waals surface area contributed by atoms with Crippen LogP contribution in [0.4, 0.5) is 30.8 Å². The Morgan fingerprint density at radius 1 is 0.500 bits per heavy atom. The number of ether oxygens (including phenoxy) is 6. The van der Waals surface area contributed by atoms with E-state index in [1.54, 1.807) is 51.0 Å². The van der Waals surface area contributed by atoms with E-state index in [1.165, 1.54) is 30.0 Å². The van der Waals surface area contributed by atoms with Crippen LogP contribution in [-0.4, -0.2) is 209 Å². The minimum atomic E-state index is -0.504. The molecule has 33 nitrogen and oxygen atoms in total. The Kier molecular flexibility index (Phi) is 38.3. The van der Waals surface area contributed by atoms with Crippen molar-refractivity contribution in [3.05, 3.63) is 181 Å². The number of piperidine rings is 4. The number of aliphatic hydroxyl groups is 1. The Bertz CT molecular complexity index is 5560. The summed E-state index contributed by atoms with van der Waals surface area (Å²) in [6.45, 7) is 29.9. The van der Waals surface area contributed by atoms with Crippen molar-refractivity contribution in [1.82, 2.24) is 78.2 Å². The molecule has 0 bridgehead atoms. The zero-order valence-corrected chi connectivity index (χ0v) is 83.9. The van der Waals surface area contributed by atoms with Crippen molar-refractivity contribution in [1.29, 1.82) is 0 Å². The number of likely N-dealkylation sites (tertiary alicyclic amines) is 4. The molecule has 130 heavy (non-hydrogen) atoms. The number of aromatic nitrogens is 13. The molecule has 41 heteroatoms. The van der Waals surface area contributed by atoms with Crippen molar-refractivity contribution in [3.63, 3.8) is 0 Å². The van der Waals surface area contributed by atoms with Crippen LogP contribution in [0.1, 0.15) is 168 Å². The molecule has 12 aromatic rings. The van der Waals surface area contributed by atoms with Crippen molar-refractivity contribution in [3.8, 4) is 34.1 Å². The van der Waals surface area contributed by atoms with Gasteiger partial charge in [-0.05, 0) is 249 Å². The number of nitrogens with two attached hydrogens (primary N) is 2. The number of hydrogen-bond donors (Lipinski definition) is 6. The van der Waals surface area contributed by atoms with Crippen LogP contribution in [0, 0.1) is 10.7 Å². The third kappa shape index (κ3) is 30.7. The fourth-order valence-electron chi connectivity index (χ4n) is 14.0. The number of aliphatic hydroxyl groups excluding tert-OH is 1. The number of amides is 4. The molecule has 4 fully saturated rings. The van der Waals surface area contributed by atoms with Gasteiger partial charge in [0.25, 0.3) is 0 Å². The van der Waals surface area contributed by atoms with E-state index < -0.39 is 22.4 Å². The number of thiol groups is 1. The number of anilines is 2. The molecule has 692 valence electrons. The zero-order chi connectivity index (χ0) is 95.5. The fourth-order valence-corrected chi connectivity index (χ4v) is 17.1. The quantitative estimate of drug-likeness (QED) is 0.0185. The summed E-state index contributed by atoms with van der Waals surface area (Å²) < 4.78 is 57.8. The van der Waals surface area contributed by atoms with Gasteiger partial charge >= 0.3 is 56.8 Å². The molecule has 4 amide bonds. The molecule has 0 saturated carbocycles. The number of carbonyl (C=O) groups is 4. The molecule has 16 rings (SSSR count). The SMILES string of the molecule is CC(C)(C)OC(=O)N1CCC(O)CC1.CC(C)(C)OC(=O)N1CCC(n2cc(-c3ccc(Oc4ccccc4)cc3)c3c(N)ncnc32)CC1.CC(C)(C)OC(=O)N1CCC(n2cc(I)c3c(Cl)ncnc32)CC1.CC(C)(C)OC(=O)N1CCC(n2cc(I)c3c(N)ncnc32)CC1.Clc1ncnc2[nH]cc(I)c12.O[B]O[n+]1ccc(Oc2ccccc2)cc1.[2H]CC.[B]=NS. The second kappa shape index (κ2) is 48.7. The molecular formula is C89H112B2Cl2I3N20O13S+. The predicted molar refractivity (Wildman–Crippen MR) is 533 cm³/mol. The Morgan fingerprint density at radius 3 is 1.22 bits per heavy atom. The molecule has 0 aliphatic carbocycles. The monoisotopic (exact) mass is 2170 g/mol. The van der Waals surface area contributed by atoms with E-state index in [2.05, 4.69) is 170 Å². The summed E-state index contributed by atoms with van der Waals surface area (Å²) in [5.74, 6) is 3.97. The second-order valence-corrected chi connectivity index (χ2v) is 38.3. The van der Waals surface area contributed by atoms with Gasteiger partial charge in [-0.25, -0.2) is 59.0 Å². The van der Waals surface area contributed by atoms with Gasteiger partial charge in [0.15, 0.2) is 0 Å². The number of H-pyrrole nitrogens is 1. The average molecular weight is 2180 g/mol. The van der Waals surface area contributed by atoms with Crippen LogP contribution in [-0.2, 0) is 18.9 Å². The van der Waals surface area contributed by atoms with Gasteiger partial charge in [0, 0.05) is 125 Å². The number of carbonyl (C=O) groups excluding carboxylic acids is 4. The fraction of sp³-hybridized carbons (Fsp3) is 0.427. The van der Waals surface area contributed by atoms with Crippen molar-refractivity contribution in [2.75, 3.05) is 63.8 Å². The van der Waals surface area contributed by atoms with E-state index in [1.807, 2.05) is 174 Å². The molecule has 3 aromatic carbocycles. The van der Waals surface area contributed by atoms with Gasteiger partial charge in [-0.3, -0.25) is 0 Å². The molecule has 4 aliphatic heterocycles. The number of halogens is 5. The molecule has 9 aromatic heterocycles. The van der Waals surface area contributed by atoms with Crippen LogP contribution < -0.4 is 30.4 Å². The summed E-state index contributed by atoms with van der Waals surface area (Å²) in [6, 6.07) is 31.4. The first kappa shape index (κ1) is 102. The predicted octanol–water partition coefficient (Wildman–Crippen LogP) is 19.0. The molecule has 7 N–H and O–H groups in total. The number of para-hydroxylation sites is 2. The normalized spacial score (nSPS) is 14.6. The molecule has 13 heterocycles. The zero-order valence-electron chi connectivity index (χ0n) is 76.0. The number of nitrogen functional groups attached to an aromatic ring is 2. The summed E-state index contributed by atoms with van der Waals surface area (Å²) in [5.41, 5.74) is 15.7. The number of nitrogens with zero attached hydrogens (tertiary/aromatic N) is 17. The summed E-state index contributed by atoms with van der Waals surface area (Å²) in [4.78, 5) is 92.0. The van der Waals surface area contributed by atoms with Crippen LogP contribution in [0.15, 0.2) is 164 Å². The van der Waals surface area contributed by atoms with Crippen molar-refractivity contribution >= 4 is 199 Å². The van der Waals surface area contributed by atoms with Gasteiger partial charge in [-0.2, -0.15) is 0 Å². The van der Waals surface area contributed by atoms with Gasteiger partial charge in [0.2, 0.25) is 12.4 Å². The summed E-state index contributed by atoms with van der Waals surface area (Å²) in [6.07, 6.45) is 22.4. The van der Waals surface area contributed by atoms with E-state index in [-0.39, 0.29) is 36.5 Å². The van der Waals surface area contributed by atoms with Gasteiger partial charge in [0.05, 0.1) is 27.6 Å². The Balaban J connectivity index is 0.000000182. The number of rotatable bonds is 10. The molecule has 0 atom stereocenters. The Hall–Kier alpha value is -9.66. The Labute approximate surface area is 816 Å². The maximum absolute atomic E-state index is 12.5. The number of benzene rings is 3. The summed E-state index contributed by atoms with van der Waals surface area (Å²) in [7, 11) is 4.95.